The van der Waals surface area contributed by atoms with E-state index >= 15 is 0 Å². The number of nitrogens with zero attached hydrogens (tertiary/aromatic N) is 1. The Bertz CT molecular complexity index is 903. The van der Waals surface area contributed by atoms with Crippen molar-refractivity contribution in [3.05, 3.63) is 60.7 Å². The molecule has 4 amide bonds. The van der Waals surface area contributed by atoms with Gasteiger partial charge in [0.15, 0.2) is 0 Å². The van der Waals surface area contributed by atoms with E-state index in [0.29, 0.717) is 11.4 Å². The molecule has 2 aliphatic rings. The fourth-order valence-electron chi connectivity index (χ4n) is 4.35. The number of carbonyl (C=O) groups is 3. The number of urea groups is 1. The number of rotatable bonds is 4. The predicted molar refractivity (Wildman–Crippen MR) is 115 cm³/mol. The molecule has 7 nitrogen and oxygen atoms in total. The van der Waals surface area contributed by atoms with E-state index in [1.807, 2.05) is 36.4 Å². The largest absolute Gasteiger partial charge is 0.349 e. The Balaban J connectivity index is 1.54. The molecule has 156 valence electrons. The van der Waals surface area contributed by atoms with Gasteiger partial charge in [0, 0.05) is 17.4 Å². The molecule has 1 aliphatic carbocycles. The number of fused-ring (bicyclic) bond motifs is 1. The summed E-state index contributed by atoms with van der Waals surface area (Å²) in [6.07, 6.45) is 3.58. The van der Waals surface area contributed by atoms with Crippen molar-refractivity contribution in [3.63, 3.8) is 0 Å². The monoisotopic (exact) mass is 406 g/mol. The summed E-state index contributed by atoms with van der Waals surface area (Å²) in [5.41, 5.74) is 1.32. The van der Waals surface area contributed by atoms with Crippen molar-refractivity contribution in [1.29, 1.82) is 0 Å². The Morgan fingerprint density at radius 2 is 1.50 bits per heavy atom. The summed E-state index contributed by atoms with van der Waals surface area (Å²) in [5.74, 6) is -0.572. The van der Waals surface area contributed by atoms with Gasteiger partial charge in [-0.25, -0.2) is 4.79 Å². The van der Waals surface area contributed by atoms with Crippen molar-refractivity contribution in [1.82, 2.24) is 10.2 Å². The number of anilines is 2. The minimum Gasteiger partial charge on any atom is -0.349 e. The number of benzene rings is 2. The molecular formula is C23H26N4O3. The number of para-hydroxylation sites is 2. The fourth-order valence-corrected chi connectivity index (χ4v) is 4.35. The van der Waals surface area contributed by atoms with Gasteiger partial charge in [-0.2, -0.15) is 0 Å². The standard InChI is InChI=1S/C23H26N4O3/c28-21(24-16-9-3-1-4-10-16)15-20-22(29)26-18-13-7-8-14-19(18)27(20)23(30)25-17-11-5-2-6-12-17/h1-6,9-12,18-20H,7-8,13-15H2,(H,24,28)(H,25,30)(H,26,29)/t18-,19-,20-/m0/s1. The molecule has 0 bridgehead atoms. The summed E-state index contributed by atoms with van der Waals surface area (Å²) < 4.78 is 0. The molecule has 0 unspecified atom stereocenters. The van der Waals surface area contributed by atoms with Crippen molar-refractivity contribution in [3.8, 4) is 0 Å². The number of nitrogens with one attached hydrogen (secondary N) is 3. The van der Waals surface area contributed by atoms with E-state index in [0.717, 1.165) is 25.7 Å². The maximum Gasteiger partial charge on any atom is 0.322 e. The van der Waals surface area contributed by atoms with E-state index in [9.17, 15) is 14.4 Å². The first-order valence-corrected chi connectivity index (χ1v) is 10.4. The zero-order valence-corrected chi connectivity index (χ0v) is 16.7. The topological polar surface area (TPSA) is 90.5 Å². The molecule has 3 N–H and O–H groups in total. The molecular weight excluding hydrogens is 380 g/mol. The van der Waals surface area contributed by atoms with Gasteiger partial charge in [0.2, 0.25) is 11.8 Å². The van der Waals surface area contributed by atoms with Crippen LogP contribution in [0.15, 0.2) is 60.7 Å². The number of hydrogen-bond donors (Lipinski definition) is 3. The van der Waals surface area contributed by atoms with Gasteiger partial charge in [0.25, 0.3) is 0 Å². The summed E-state index contributed by atoms with van der Waals surface area (Å²) in [6.45, 7) is 0. The highest BCUT2D eigenvalue weighted by atomic mass is 16.2. The minimum atomic E-state index is -0.850. The molecule has 30 heavy (non-hydrogen) atoms. The van der Waals surface area contributed by atoms with Gasteiger partial charge < -0.3 is 20.9 Å². The summed E-state index contributed by atoms with van der Waals surface area (Å²) in [4.78, 5) is 40.4. The van der Waals surface area contributed by atoms with Gasteiger partial charge in [-0.3, -0.25) is 9.59 Å². The molecule has 1 saturated heterocycles. The first-order chi connectivity index (χ1) is 14.6. The molecule has 0 radical (unpaired) electrons. The van der Waals surface area contributed by atoms with Crippen molar-refractivity contribution in [2.45, 2.75) is 50.2 Å². The Morgan fingerprint density at radius 1 is 0.900 bits per heavy atom. The number of piperazine rings is 1. The van der Waals surface area contributed by atoms with Crippen LogP contribution in [-0.4, -0.2) is 40.9 Å². The molecule has 0 aromatic heterocycles. The average Bonchev–Trinajstić information content (AvgIpc) is 2.75. The van der Waals surface area contributed by atoms with Crippen LogP contribution in [0.2, 0.25) is 0 Å². The van der Waals surface area contributed by atoms with Crippen LogP contribution >= 0.6 is 0 Å². The molecule has 0 spiro atoms. The maximum absolute atomic E-state index is 13.2. The Labute approximate surface area is 175 Å². The molecule has 1 aliphatic heterocycles. The van der Waals surface area contributed by atoms with Gasteiger partial charge in [0.05, 0.1) is 12.5 Å². The zero-order chi connectivity index (χ0) is 20.9. The zero-order valence-electron chi connectivity index (χ0n) is 16.7. The van der Waals surface area contributed by atoms with Crippen LogP contribution in [0.4, 0.5) is 16.2 Å². The van der Waals surface area contributed by atoms with Crippen molar-refractivity contribution >= 4 is 29.2 Å². The van der Waals surface area contributed by atoms with Gasteiger partial charge in [0.1, 0.15) is 6.04 Å². The third-order valence-electron chi connectivity index (χ3n) is 5.75. The highest BCUT2D eigenvalue weighted by Gasteiger charge is 2.46. The molecule has 2 fully saturated rings. The summed E-state index contributed by atoms with van der Waals surface area (Å²) in [5, 5.41) is 8.75. The van der Waals surface area contributed by atoms with Crippen LogP contribution in [0.1, 0.15) is 32.1 Å². The third-order valence-corrected chi connectivity index (χ3v) is 5.75. The lowest BCUT2D eigenvalue weighted by Gasteiger charge is -2.47. The molecule has 4 rings (SSSR count). The molecule has 1 heterocycles. The average molecular weight is 406 g/mol. The SMILES string of the molecule is O=C(C[C@H]1C(=O)N[C@H]2CCCC[C@@H]2N1C(=O)Nc1ccccc1)Nc1ccccc1. The van der Waals surface area contributed by atoms with Crippen LogP contribution in [0.3, 0.4) is 0 Å². The normalized spacial score (nSPS) is 23.1. The summed E-state index contributed by atoms with van der Waals surface area (Å²) >= 11 is 0. The first-order valence-electron chi connectivity index (χ1n) is 10.4. The first kappa shape index (κ1) is 19.9. The van der Waals surface area contributed by atoms with Gasteiger partial charge >= 0.3 is 6.03 Å². The lowest BCUT2D eigenvalue weighted by Crippen LogP contribution is -2.68. The highest BCUT2D eigenvalue weighted by Crippen LogP contribution is 2.30. The van der Waals surface area contributed by atoms with Crippen molar-refractivity contribution in [2.24, 2.45) is 0 Å². The van der Waals surface area contributed by atoms with E-state index < -0.39 is 6.04 Å². The fraction of sp³-hybridized carbons (Fsp3) is 0.348. The van der Waals surface area contributed by atoms with Crippen LogP contribution < -0.4 is 16.0 Å². The van der Waals surface area contributed by atoms with E-state index in [-0.39, 0.29) is 36.3 Å². The Morgan fingerprint density at radius 3 is 2.17 bits per heavy atom. The van der Waals surface area contributed by atoms with Crippen LogP contribution in [-0.2, 0) is 9.59 Å². The maximum atomic E-state index is 13.2. The molecule has 3 atom stereocenters. The Kier molecular flexibility index (Phi) is 5.97. The quantitative estimate of drug-likeness (QED) is 0.727. The molecule has 2 aromatic carbocycles. The van der Waals surface area contributed by atoms with E-state index in [1.54, 1.807) is 29.2 Å². The number of amides is 4. The number of hydrogen-bond acceptors (Lipinski definition) is 3. The second-order valence-electron chi connectivity index (χ2n) is 7.80. The van der Waals surface area contributed by atoms with Gasteiger partial charge in [-0.15, -0.1) is 0 Å². The number of carbonyl (C=O) groups excluding carboxylic acids is 3. The smallest absolute Gasteiger partial charge is 0.322 e. The third kappa shape index (κ3) is 4.45. The van der Waals surface area contributed by atoms with E-state index in [2.05, 4.69) is 16.0 Å². The molecule has 2 aromatic rings. The van der Waals surface area contributed by atoms with Crippen molar-refractivity contribution in [2.75, 3.05) is 10.6 Å². The van der Waals surface area contributed by atoms with E-state index in [4.69, 9.17) is 0 Å². The highest BCUT2D eigenvalue weighted by molar-refractivity contribution is 5.99. The van der Waals surface area contributed by atoms with Gasteiger partial charge in [-0.1, -0.05) is 49.2 Å². The van der Waals surface area contributed by atoms with Crippen LogP contribution in [0.5, 0.6) is 0 Å². The Hall–Kier alpha value is -3.35. The minimum absolute atomic E-state index is 0.0683. The lowest BCUT2D eigenvalue weighted by atomic mass is 9.85. The predicted octanol–water partition coefficient (Wildman–Crippen LogP) is 3.36. The summed E-state index contributed by atoms with van der Waals surface area (Å²) in [7, 11) is 0. The van der Waals surface area contributed by atoms with E-state index in [1.165, 1.54) is 0 Å². The second kappa shape index (κ2) is 8.98. The van der Waals surface area contributed by atoms with Crippen molar-refractivity contribution < 1.29 is 14.4 Å². The van der Waals surface area contributed by atoms with Crippen LogP contribution in [0.25, 0.3) is 0 Å². The molecule has 7 heteroatoms. The lowest BCUT2D eigenvalue weighted by molar-refractivity contribution is -0.135. The van der Waals surface area contributed by atoms with Crippen LogP contribution in [0, 0.1) is 0 Å². The molecule has 1 saturated carbocycles. The summed E-state index contributed by atoms with van der Waals surface area (Å²) in [6, 6.07) is 16.9. The van der Waals surface area contributed by atoms with Gasteiger partial charge in [-0.05, 0) is 37.1 Å². The second-order valence-corrected chi connectivity index (χ2v) is 7.80.